The molecule has 2 aromatic carbocycles. The van der Waals surface area contributed by atoms with E-state index < -0.39 is 0 Å². The molecular formula is C23H26N2O2S. The largest absolute Gasteiger partial charge is 0.484 e. The summed E-state index contributed by atoms with van der Waals surface area (Å²) in [7, 11) is 0. The van der Waals surface area contributed by atoms with E-state index >= 15 is 0 Å². The fourth-order valence-corrected chi connectivity index (χ4v) is 3.53. The topological polar surface area (TPSA) is 51.2 Å². The SMILES string of the molecule is CCCCc1ccc(-c2csc(NC(=O)COc3ccc(C)c(C)c3)n2)cc1. The molecule has 146 valence electrons. The van der Waals surface area contributed by atoms with Crippen molar-refractivity contribution in [2.45, 2.75) is 40.0 Å². The lowest BCUT2D eigenvalue weighted by atomic mass is 10.1. The van der Waals surface area contributed by atoms with Crippen molar-refractivity contribution >= 4 is 22.4 Å². The maximum absolute atomic E-state index is 12.2. The van der Waals surface area contributed by atoms with Crippen LogP contribution in [-0.4, -0.2) is 17.5 Å². The molecule has 3 rings (SSSR count). The number of unbranched alkanes of at least 4 members (excludes halogenated alkanes) is 1. The second kappa shape index (κ2) is 9.51. The molecule has 0 spiro atoms. The first kappa shape index (κ1) is 20.1. The molecule has 1 heterocycles. The number of aromatic nitrogens is 1. The first-order valence-corrected chi connectivity index (χ1v) is 10.5. The van der Waals surface area contributed by atoms with E-state index in [4.69, 9.17) is 4.74 Å². The molecule has 0 aliphatic carbocycles. The average molecular weight is 395 g/mol. The monoisotopic (exact) mass is 394 g/mol. The quantitative estimate of drug-likeness (QED) is 0.526. The van der Waals surface area contributed by atoms with Crippen LogP contribution in [0.1, 0.15) is 36.5 Å². The van der Waals surface area contributed by atoms with Crippen LogP contribution in [0.4, 0.5) is 5.13 Å². The van der Waals surface area contributed by atoms with Gasteiger partial charge in [0.15, 0.2) is 11.7 Å². The van der Waals surface area contributed by atoms with E-state index in [1.807, 2.05) is 37.4 Å². The number of hydrogen-bond acceptors (Lipinski definition) is 4. The highest BCUT2D eigenvalue weighted by molar-refractivity contribution is 7.14. The minimum atomic E-state index is -0.214. The fourth-order valence-electron chi connectivity index (χ4n) is 2.79. The first-order chi connectivity index (χ1) is 13.5. The molecule has 0 saturated heterocycles. The second-order valence-electron chi connectivity index (χ2n) is 6.92. The highest BCUT2D eigenvalue weighted by Gasteiger charge is 2.09. The molecule has 28 heavy (non-hydrogen) atoms. The van der Waals surface area contributed by atoms with E-state index in [2.05, 4.69) is 41.5 Å². The van der Waals surface area contributed by atoms with Crippen molar-refractivity contribution < 1.29 is 9.53 Å². The van der Waals surface area contributed by atoms with E-state index in [-0.39, 0.29) is 12.5 Å². The molecule has 1 amide bonds. The molecule has 3 aromatic rings. The Balaban J connectivity index is 1.54. The summed E-state index contributed by atoms with van der Waals surface area (Å²) in [6, 6.07) is 14.3. The van der Waals surface area contributed by atoms with E-state index in [9.17, 15) is 4.79 Å². The number of rotatable bonds is 8. The molecule has 0 saturated carbocycles. The molecule has 0 bridgehead atoms. The van der Waals surface area contributed by atoms with Crippen LogP contribution < -0.4 is 10.1 Å². The number of nitrogens with one attached hydrogen (secondary N) is 1. The molecule has 4 nitrogen and oxygen atoms in total. The van der Waals surface area contributed by atoms with Crippen LogP contribution in [0.2, 0.25) is 0 Å². The molecule has 5 heteroatoms. The van der Waals surface area contributed by atoms with Gasteiger partial charge in [-0.1, -0.05) is 43.7 Å². The molecule has 0 atom stereocenters. The fraction of sp³-hybridized carbons (Fsp3) is 0.304. The summed E-state index contributed by atoms with van der Waals surface area (Å²) in [5, 5.41) is 5.35. The second-order valence-corrected chi connectivity index (χ2v) is 7.78. The van der Waals surface area contributed by atoms with Gasteiger partial charge in [-0.2, -0.15) is 0 Å². The third-order valence-electron chi connectivity index (χ3n) is 4.67. The van der Waals surface area contributed by atoms with Crippen molar-refractivity contribution in [2.24, 2.45) is 0 Å². The zero-order valence-corrected chi connectivity index (χ0v) is 17.4. The Bertz CT molecular complexity index is 932. The van der Waals surface area contributed by atoms with Gasteiger partial charge in [0.05, 0.1) is 5.69 Å². The minimum Gasteiger partial charge on any atom is -0.484 e. The van der Waals surface area contributed by atoms with Gasteiger partial charge in [-0.15, -0.1) is 11.3 Å². The molecule has 0 fully saturated rings. The smallest absolute Gasteiger partial charge is 0.264 e. The molecule has 0 aliphatic heterocycles. The third-order valence-corrected chi connectivity index (χ3v) is 5.43. The van der Waals surface area contributed by atoms with Gasteiger partial charge in [-0.3, -0.25) is 10.1 Å². The predicted molar refractivity (Wildman–Crippen MR) is 116 cm³/mol. The van der Waals surface area contributed by atoms with E-state index in [1.165, 1.54) is 35.3 Å². The Morgan fingerprint density at radius 2 is 1.89 bits per heavy atom. The number of aryl methyl sites for hydroxylation is 3. The predicted octanol–water partition coefficient (Wildman–Crippen LogP) is 5.79. The third kappa shape index (κ3) is 5.42. The van der Waals surface area contributed by atoms with Crippen LogP contribution >= 0.6 is 11.3 Å². The number of ether oxygens (including phenoxy) is 1. The maximum Gasteiger partial charge on any atom is 0.264 e. The lowest BCUT2D eigenvalue weighted by molar-refractivity contribution is -0.118. The standard InChI is InChI=1S/C23H26N2O2S/c1-4-5-6-18-8-10-19(11-9-18)21-15-28-23(24-21)25-22(26)14-27-20-12-7-16(2)17(3)13-20/h7-13,15H,4-6,14H2,1-3H3,(H,24,25,26). The Kier molecular flexibility index (Phi) is 6.82. The van der Waals surface area contributed by atoms with E-state index in [0.29, 0.717) is 10.9 Å². The Hall–Kier alpha value is -2.66. The van der Waals surface area contributed by atoms with Gasteiger partial charge in [0, 0.05) is 10.9 Å². The van der Waals surface area contributed by atoms with E-state index in [0.717, 1.165) is 23.2 Å². The summed E-state index contributed by atoms with van der Waals surface area (Å²) in [6.45, 7) is 6.23. The summed E-state index contributed by atoms with van der Waals surface area (Å²) in [6.07, 6.45) is 3.51. The van der Waals surface area contributed by atoms with Gasteiger partial charge in [0.1, 0.15) is 5.75 Å². The van der Waals surface area contributed by atoms with Gasteiger partial charge < -0.3 is 4.74 Å². The lowest BCUT2D eigenvalue weighted by Crippen LogP contribution is -2.20. The average Bonchev–Trinajstić information content (AvgIpc) is 3.16. The molecule has 0 aliphatic rings. The number of nitrogens with zero attached hydrogens (tertiary/aromatic N) is 1. The van der Waals surface area contributed by atoms with Gasteiger partial charge in [-0.05, 0) is 55.5 Å². The van der Waals surface area contributed by atoms with Crippen molar-refractivity contribution in [3.05, 3.63) is 64.5 Å². The van der Waals surface area contributed by atoms with Gasteiger partial charge in [0.25, 0.3) is 5.91 Å². The summed E-state index contributed by atoms with van der Waals surface area (Å²) in [4.78, 5) is 16.7. The van der Waals surface area contributed by atoms with Crippen molar-refractivity contribution in [1.29, 1.82) is 0 Å². The van der Waals surface area contributed by atoms with Crippen molar-refractivity contribution in [3.63, 3.8) is 0 Å². The van der Waals surface area contributed by atoms with Crippen molar-refractivity contribution in [1.82, 2.24) is 4.98 Å². The highest BCUT2D eigenvalue weighted by atomic mass is 32.1. The van der Waals surface area contributed by atoms with Crippen LogP contribution in [0.15, 0.2) is 47.8 Å². The van der Waals surface area contributed by atoms with Crippen molar-refractivity contribution in [2.75, 3.05) is 11.9 Å². The van der Waals surface area contributed by atoms with Crippen LogP contribution in [0.3, 0.4) is 0 Å². The number of benzene rings is 2. The Morgan fingerprint density at radius 1 is 1.11 bits per heavy atom. The summed E-state index contributed by atoms with van der Waals surface area (Å²) < 4.78 is 5.58. The number of carbonyl (C=O) groups excluding carboxylic acids is 1. The Morgan fingerprint density at radius 3 is 2.61 bits per heavy atom. The van der Waals surface area contributed by atoms with Gasteiger partial charge >= 0.3 is 0 Å². The molecule has 1 N–H and O–H groups in total. The number of thiazole rings is 1. The number of carbonyl (C=O) groups is 1. The zero-order chi connectivity index (χ0) is 19.9. The summed E-state index contributed by atoms with van der Waals surface area (Å²) in [5.74, 6) is 0.482. The summed E-state index contributed by atoms with van der Waals surface area (Å²) >= 11 is 1.42. The number of hydrogen-bond donors (Lipinski definition) is 1. The van der Waals surface area contributed by atoms with Crippen LogP contribution in [0.25, 0.3) is 11.3 Å². The molecule has 1 aromatic heterocycles. The van der Waals surface area contributed by atoms with Crippen LogP contribution in [-0.2, 0) is 11.2 Å². The number of anilines is 1. The van der Waals surface area contributed by atoms with Crippen LogP contribution in [0, 0.1) is 13.8 Å². The van der Waals surface area contributed by atoms with E-state index in [1.54, 1.807) is 0 Å². The molecule has 0 unspecified atom stereocenters. The lowest BCUT2D eigenvalue weighted by Gasteiger charge is -2.08. The normalized spacial score (nSPS) is 10.7. The zero-order valence-electron chi connectivity index (χ0n) is 16.6. The maximum atomic E-state index is 12.2. The highest BCUT2D eigenvalue weighted by Crippen LogP contribution is 2.25. The minimum absolute atomic E-state index is 0.0382. The number of amides is 1. The van der Waals surface area contributed by atoms with Gasteiger partial charge in [-0.25, -0.2) is 4.98 Å². The molecule has 0 radical (unpaired) electrons. The van der Waals surface area contributed by atoms with Crippen LogP contribution in [0.5, 0.6) is 5.75 Å². The van der Waals surface area contributed by atoms with Crippen molar-refractivity contribution in [3.8, 4) is 17.0 Å². The molecular weight excluding hydrogens is 368 g/mol. The summed E-state index contributed by atoms with van der Waals surface area (Å²) in [5.41, 5.74) is 5.62. The van der Waals surface area contributed by atoms with Gasteiger partial charge in [0.2, 0.25) is 0 Å². The Labute approximate surface area is 170 Å². The first-order valence-electron chi connectivity index (χ1n) is 9.60.